The largest absolute Gasteiger partial charge is 0.378 e. The van der Waals surface area contributed by atoms with E-state index >= 15 is 0 Å². The second kappa shape index (κ2) is 6.92. The molecule has 7 nitrogen and oxygen atoms in total. The molecule has 0 unspecified atom stereocenters. The molecule has 4 aromatic rings. The number of halogens is 1. The topological polar surface area (TPSA) is 67.6 Å². The lowest BCUT2D eigenvalue weighted by atomic mass is 10.2. The highest BCUT2D eigenvalue weighted by molar-refractivity contribution is 6.34. The van der Waals surface area contributed by atoms with Gasteiger partial charge in [-0.2, -0.15) is 5.10 Å². The zero-order chi connectivity index (χ0) is 19.1. The van der Waals surface area contributed by atoms with Gasteiger partial charge in [0, 0.05) is 18.5 Å². The lowest BCUT2D eigenvalue weighted by molar-refractivity contribution is 0.122. The van der Waals surface area contributed by atoms with Crippen molar-refractivity contribution >= 4 is 45.5 Å². The van der Waals surface area contributed by atoms with Crippen molar-refractivity contribution in [1.82, 2.24) is 19.6 Å². The SMILES string of the molecule is Cc1nn2c(nc(Nc3ccc(N4CCOCC4)nc3)c3ccccc32)c1Cl. The average Bonchev–Trinajstić information content (AvgIpc) is 3.04. The monoisotopic (exact) mass is 394 g/mol. The van der Waals surface area contributed by atoms with Crippen LogP contribution in [-0.2, 0) is 4.74 Å². The molecule has 1 aromatic carbocycles. The number of morpholine rings is 1. The van der Waals surface area contributed by atoms with E-state index in [2.05, 4.69) is 20.3 Å². The molecule has 0 radical (unpaired) electrons. The van der Waals surface area contributed by atoms with E-state index in [0.29, 0.717) is 10.7 Å². The summed E-state index contributed by atoms with van der Waals surface area (Å²) in [5.41, 5.74) is 3.21. The smallest absolute Gasteiger partial charge is 0.176 e. The summed E-state index contributed by atoms with van der Waals surface area (Å²) in [6.45, 7) is 5.09. The molecular formula is C20H19ClN6O. The van der Waals surface area contributed by atoms with Crippen molar-refractivity contribution in [3.8, 4) is 0 Å². The van der Waals surface area contributed by atoms with Gasteiger partial charge < -0.3 is 15.0 Å². The summed E-state index contributed by atoms with van der Waals surface area (Å²) in [5, 5.41) is 9.44. The number of benzene rings is 1. The molecule has 0 atom stereocenters. The molecule has 1 saturated heterocycles. The number of nitrogens with zero attached hydrogens (tertiary/aromatic N) is 5. The van der Waals surface area contributed by atoms with Crippen LogP contribution < -0.4 is 10.2 Å². The summed E-state index contributed by atoms with van der Waals surface area (Å²) in [6, 6.07) is 12.0. The van der Waals surface area contributed by atoms with Crippen LogP contribution >= 0.6 is 11.6 Å². The Balaban J connectivity index is 1.52. The molecule has 28 heavy (non-hydrogen) atoms. The summed E-state index contributed by atoms with van der Waals surface area (Å²) >= 11 is 6.42. The van der Waals surface area contributed by atoms with Crippen molar-refractivity contribution in [2.24, 2.45) is 0 Å². The molecule has 1 aliphatic rings. The van der Waals surface area contributed by atoms with Crippen LogP contribution in [-0.4, -0.2) is 45.9 Å². The van der Waals surface area contributed by atoms with E-state index in [-0.39, 0.29) is 0 Å². The first-order valence-electron chi connectivity index (χ1n) is 9.20. The minimum Gasteiger partial charge on any atom is -0.378 e. The third-order valence-electron chi connectivity index (χ3n) is 4.92. The number of pyridine rings is 1. The van der Waals surface area contributed by atoms with Gasteiger partial charge in [0.25, 0.3) is 0 Å². The highest BCUT2D eigenvalue weighted by Crippen LogP contribution is 2.30. The maximum atomic E-state index is 6.42. The Morgan fingerprint density at radius 1 is 1.11 bits per heavy atom. The zero-order valence-electron chi connectivity index (χ0n) is 15.4. The predicted molar refractivity (Wildman–Crippen MR) is 111 cm³/mol. The molecule has 8 heteroatoms. The summed E-state index contributed by atoms with van der Waals surface area (Å²) in [6.07, 6.45) is 1.83. The number of anilines is 3. The molecule has 1 fully saturated rings. The van der Waals surface area contributed by atoms with Crippen LogP contribution in [0.25, 0.3) is 16.6 Å². The molecule has 0 amide bonds. The predicted octanol–water partition coefficient (Wildman–Crippen LogP) is 3.82. The zero-order valence-corrected chi connectivity index (χ0v) is 16.1. The van der Waals surface area contributed by atoms with E-state index in [9.17, 15) is 0 Å². The Morgan fingerprint density at radius 3 is 2.71 bits per heavy atom. The van der Waals surface area contributed by atoms with Crippen LogP contribution in [0.5, 0.6) is 0 Å². The van der Waals surface area contributed by atoms with E-state index in [0.717, 1.165) is 60.2 Å². The molecule has 3 aromatic heterocycles. The van der Waals surface area contributed by atoms with Crippen LogP contribution in [0.1, 0.15) is 5.69 Å². The lowest BCUT2D eigenvalue weighted by Crippen LogP contribution is -2.36. The van der Waals surface area contributed by atoms with Gasteiger partial charge in [0.05, 0.1) is 36.3 Å². The fourth-order valence-corrected chi connectivity index (χ4v) is 3.62. The van der Waals surface area contributed by atoms with Crippen molar-refractivity contribution in [2.45, 2.75) is 6.92 Å². The van der Waals surface area contributed by atoms with Gasteiger partial charge >= 0.3 is 0 Å². The number of hydrogen-bond donors (Lipinski definition) is 1. The highest BCUT2D eigenvalue weighted by Gasteiger charge is 2.15. The van der Waals surface area contributed by atoms with E-state index in [1.165, 1.54) is 0 Å². The van der Waals surface area contributed by atoms with Crippen LogP contribution in [0, 0.1) is 6.92 Å². The van der Waals surface area contributed by atoms with Gasteiger partial charge in [-0.05, 0) is 31.2 Å². The third kappa shape index (κ3) is 2.93. The molecule has 1 aliphatic heterocycles. The van der Waals surface area contributed by atoms with Gasteiger partial charge in [-0.1, -0.05) is 23.7 Å². The summed E-state index contributed by atoms with van der Waals surface area (Å²) in [4.78, 5) is 11.6. The maximum absolute atomic E-state index is 6.42. The number of para-hydroxylation sites is 1. The molecule has 0 saturated carbocycles. The Hall–Kier alpha value is -2.90. The second-order valence-electron chi connectivity index (χ2n) is 6.74. The first kappa shape index (κ1) is 17.2. The number of aryl methyl sites for hydroxylation is 1. The molecule has 5 rings (SSSR count). The van der Waals surface area contributed by atoms with Crippen molar-refractivity contribution in [3.63, 3.8) is 0 Å². The quantitative estimate of drug-likeness (QED) is 0.569. The molecule has 1 N–H and O–H groups in total. The van der Waals surface area contributed by atoms with Gasteiger partial charge in [-0.3, -0.25) is 0 Å². The molecule has 4 heterocycles. The van der Waals surface area contributed by atoms with Gasteiger partial charge in [-0.25, -0.2) is 14.5 Å². The van der Waals surface area contributed by atoms with Gasteiger partial charge in [-0.15, -0.1) is 0 Å². The minimum absolute atomic E-state index is 0.564. The van der Waals surface area contributed by atoms with Gasteiger partial charge in [0.1, 0.15) is 16.7 Å². The minimum atomic E-state index is 0.564. The van der Waals surface area contributed by atoms with Gasteiger partial charge in [0.2, 0.25) is 0 Å². The number of hydrogen-bond acceptors (Lipinski definition) is 6. The van der Waals surface area contributed by atoms with Crippen molar-refractivity contribution in [2.75, 3.05) is 36.5 Å². The Morgan fingerprint density at radius 2 is 1.93 bits per heavy atom. The molecule has 0 spiro atoms. The summed E-state index contributed by atoms with van der Waals surface area (Å²) in [5.74, 6) is 1.68. The normalized spacial score (nSPS) is 14.7. The van der Waals surface area contributed by atoms with E-state index in [4.69, 9.17) is 21.3 Å². The highest BCUT2D eigenvalue weighted by atomic mass is 35.5. The van der Waals surface area contributed by atoms with E-state index in [1.54, 1.807) is 4.52 Å². The summed E-state index contributed by atoms with van der Waals surface area (Å²) in [7, 11) is 0. The number of nitrogens with one attached hydrogen (secondary N) is 1. The molecular weight excluding hydrogens is 376 g/mol. The van der Waals surface area contributed by atoms with Crippen molar-refractivity contribution in [3.05, 3.63) is 53.3 Å². The first-order chi connectivity index (χ1) is 13.7. The molecule has 0 bridgehead atoms. The van der Waals surface area contributed by atoms with Crippen molar-refractivity contribution in [1.29, 1.82) is 0 Å². The average molecular weight is 395 g/mol. The lowest BCUT2D eigenvalue weighted by Gasteiger charge is -2.27. The van der Waals surface area contributed by atoms with Crippen LogP contribution in [0.4, 0.5) is 17.3 Å². The third-order valence-corrected chi connectivity index (χ3v) is 5.36. The fourth-order valence-electron chi connectivity index (χ4n) is 3.46. The maximum Gasteiger partial charge on any atom is 0.176 e. The second-order valence-corrected chi connectivity index (χ2v) is 7.12. The first-order valence-corrected chi connectivity index (χ1v) is 9.58. The van der Waals surface area contributed by atoms with Crippen LogP contribution in [0.3, 0.4) is 0 Å². The Bertz CT molecular complexity index is 1150. The molecule has 142 valence electrons. The van der Waals surface area contributed by atoms with Crippen molar-refractivity contribution < 1.29 is 4.74 Å². The van der Waals surface area contributed by atoms with Gasteiger partial charge in [0.15, 0.2) is 5.65 Å². The summed E-state index contributed by atoms with van der Waals surface area (Å²) < 4.78 is 7.19. The Labute approximate surface area is 166 Å². The number of rotatable bonds is 3. The fraction of sp³-hybridized carbons (Fsp3) is 0.250. The van der Waals surface area contributed by atoms with E-state index in [1.807, 2.05) is 49.5 Å². The number of ether oxygens (including phenoxy) is 1. The van der Waals surface area contributed by atoms with Crippen LogP contribution in [0.2, 0.25) is 5.02 Å². The standard InChI is InChI=1S/C20H19ClN6O/c1-13-18(21)20-24-19(15-4-2-3-5-16(15)27(20)25-13)23-14-6-7-17(22-12-14)26-8-10-28-11-9-26/h2-7,12H,8-11H2,1H3,(H,23,24). The number of aromatic nitrogens is 4. The Kier molecular flexibility index (Phi) is 4.26. The molecule has 0 aliphatic carbocycles. The van der Waals surface area contributed by atoms with Crippen LogP contribution in [0.15, 0.2) is 42.6 Å². The van der Waals surface area contributed by atoms with E-state index < -0.39 is 0 Å². The number of fused-ring (bicyclic) bond motifs is 3.